The fraction of sp³-hybridized carbons (Fsp3) is 0.357. The van der Waals surface area contributed by atoms with Crippen LogP contribution in [-0.2, 0) is 33.5 Å². The fourth-order valence-electron chi connectivity index (χ4n) is 2.26. The summed E-state index contributed by atoms with van der Waals surface area (Å²) < 4.78 is 9.00. The minimum Gasteiger partial charge on any atom is -0.508 e. The van der Waals surface area contributed by atoms with Gasteiger partial charge in [0.25, 0.3) is 0 Å². The summed E-state index contributed by atoms with van der Waals surface area (Å²) in [7, 11) is 0. The number of benzene rings is 2. The molecule has 0 spiro atoms. The number of cyclic esters (lactones) is 2. The Morgan fingerprint density at radius 2 is 1.15 bits per heavy atom. The molecule has 0 aromatic heterocycles. The Morgan fingerprint density at radius 1 is 0.744 bits per heavy atom. The minimum absolute atomic E-state index is 0. The zero-order valence-corrected chi connectivity index (χ0v) is 21.5. The summed E-state index contributed by atoms with van der Waals surface area (Å²) >= 11 is 0. The number of rotatable bonds is 7. The lowest BCUT2D eigenvalue weighted by Gasteiger charge is -2.02. The highest BCUT2D eigenvalue weighted by Gasteiger charge is 2.19. The van der Waals surface area contributed by atoms with Gasteiger partial charge in [-0.15, -0.1) is 0 Å². The molecule has 3 rings (SSSR count). The number of hydrogen-bond acceptors (Lipinski definition) is 9. The Morgan fingerprint density at radius 3 is 1.46 bits per heavy atom. The van der Waals surface area contributed by atoms with Crippen LogP contribution in [0, 0.1) is 13.8 Å². The maximum absolute atomic E-state index is 11.1. The molecule has 11 heteroatoms. The number of carbonyl (C=O) groups excluding carboxylic acids is 4. The van der Waals surface area contributed by atoms with Gasteiger partial charge in [0.05, 0.1) is 32.1 Å². The van der Waals surface area contributed by atoms with Gasteiger partial charge in [-0.1, -0.05) is 42.8 Å². The summed E-state index contributed by atoms with van der Waals surface area (Å²) in [5, 5.41) is 25.1. The molecule has 0 atom stereocenters. The van der Waals surface area contributed by atoms with Crippen LogP contribution in [0.2, 0.25) is 0 Å². The number of aromatic hydroxyl groups is 1. The third kappa shape index (κ3) is 22.4. The van der Waals surface area contributed by atoms with E-state index in [1.54, 1.807) is 24.3 Å². The van der Waals surface area contributed by atoms with Crippen LogP contribution in [0.1, 0.15) is 64.0 Å². The largest absolute Gasteiger partial charge is 0.508 e. The predicted molar refractivity (Wildman–Crippen MR) is 141 cm³/mol. The van der Waals surface area contributed by atoms with Gasteiger partial charge in [-0.2, -0.15) is 0 Å². The van der Waals surface area contributed by atoms with Gasteiger partial charge in [-0.05, 0) is 45.0 Å². The number of carboxylic acid groups (broad SMARTS) is 2. The summed E-state index contributed by atoms with van der Waals surface area (Å²) in [4.78, 5) is 61.2. The van der Waals surface area contributed by atoms with E-state index in [1.807, 2.05) is 38.1 Å². The van der Waals surface area contributed by atoms with E-state index in [0.717, 1.165) is 5.56 Å². The summed E-state index contributed by atoms with van der Waals surface area (Å²) in [5.74, 6) is -2.55. The summed E-state index contributed by atoms with van der Waals surface area (Å²) in [6.45, 7) is 5.29. The second-order valence-electron chi connectivity index (χ2n) is 7.96. The Labute approximate surface area is 227 Å². The molecule has 1 fully saturated rings. The van der Waals surface area contributed by atoms with Crippen molar-refractivity contribution in [3.8, 4) is 11.5 Å². The number of phenolic OH excluding ortho intramolecular Hbond substituents is 1. The van der Waals surface area contributed by atoms with Crippen LogP contribution in [0.25, 0.3) is 0 Å². The second kappa shape index (κ2) is 20.5. The van der Waals surface area contributed by atoms with Crippen molar-refractivity contribution >= 4 is 35.6 Å². The van der Waals surface area contributed by atoms with E-state index in [4.69, 9.17) is 20.1 Å². The normalized spacial score (nSPS) is 10.9. The maximum Gasteiger partial charge on any atom is 0.314 e. The van der Waals surface area contributed by atoms with Crippen LogP contribution in [0.15, 0.2) is 48.5 Å². The third-order valence-corrected chi connectivity index (χ3v) is 4.28. The first-order valence-electron chi connectivity index (χ1n) is 11.5. The van der Waals surface area contributed by atoms with Gasteiger partial charge >= 0.3 is 29.8 Å². The van der Waals surface area contributed by atoms with Crippen molar-refractivity contribution < 1.29 is 53.6 Å². The van der Waals surface area contributed by atoms with Crippen molar-refractivity contribution in [1.29, 1.82) is 0 Å². The van der Waals surface area contributed by atoms with E-state index in [1.165, 1.54) is 12.5 Å². The van der Waals surface area contributed by atoms with Gasteiger partial charge in [0.2, 0.25) is 0 Å². The average Bonchev–Trinajstić information content (AvgIpc) is 3.23. The third-order valence-electron chi connectivity index (χ3n) is 4.28. The van der Waals surface area contributed by atoms with Crippen molar-refractivity contribution in [3.63, 3.8) is 0 Å². The van der Waals surface area contributed by atoms with E-state index in [2.05, 4.69) is 4.74 Å². The first-order chi connectivity index (χ1) is 17.8. The number of hydrogen-bond donors (Lipinski definition) is 3. The predicted octanol–water partition coefficient (Wildman–Crippen LogP) is 4.39. The Balaban J connectivity index is 0. The number of esters is 3. The summed E-state index contributed by atoms with van der Waals surface area (Å²) in [6, 6.07) is 14.1. The molecule has 0 saturated carbocycles. The number of carbonyl (C=O) groups is 6. The van der Waals surface area contributed by atoms with E-state index in [0.29, 0.717) is 11.5 Å². The zero-order valence-electron chi connectivity index (χ0n) is 21.5. The van der Waals surface area contributed by atoms with Gasteiger partial charge in [0.1, 0.15) is 17.3 Å². The number of aliphatic carboxylic acids is 2. The van der Waals surface area contributed by atoms with Gasteiger partial charge in [-0.25, -0.2) is 0 Å². The van der Waals surface area contributed by atoms with Crippen molar-refractivity contribution in [1.82, 2.24) is 0 Å². The summed E-state index contributed by atoms with van der Waals surface area (Å²) in [6.07, 6.45) is 0.316. The Kier molecular flexibility index (Phi) is 19.3. The number of phenols is 1. The summed E-state index contributed by atoms with van der Waals surface area (Å²) in [5.41, 5.74) is 2.24. The van der Waals surface area contributed by atoms with E-state index < -0.39 is 29.8 Å². The molecule has 1 saturated heterocycles. The van der Waals surface area contributed by atoms with Crippen LogP contribution < -0.4 is 4.74 Å². The van der Waals surface area contributed by atoms with Crippen LogP contribution >= 0.6 is 0 Å². The zero-order chi connectivity index (χ0) is 29.1. The molecule has 0 amide bonds. The standard InChI is InChI=1S/C11H12O4.C7H8O.C5H8O3.C4H4O3.CH4/c1-8-2-4-9(5-3-8)15-11(14)7-6-10(12)13;1-6-2-4-7(8)5-3-6;1-4(6)2-3-5(7)8;5-3-1-2-4(6)7-3;/h2-5H,6-7H2,1H3,(H,12,13);2-5,8H,1H3;2-3H2,1H3,(H,7,8);1-2H2;1H4. The van der Waals surface area contributed by atoms with Gasteiger partial charge < -0.3 is 29.6 Å². The molecule has 1 heterocycles. The monoisotopic (exact) mass is 548 g/mol. The Hall–Kier alpha value is -4.54. The van der Waals surface area contributed by atoms with Crippen molar-refractivity contribution in [2.24, 2.45) is 0 Å². The molecule has 0 radical (unpaired) electrons. The molecule has 0 aliphatic carbocycles. The molecule has 0 bridgehead atoms. The van der Waals surface area contributed by atoms with Crippen LogP contribution in [0.3, 0.4) is 0 Å². The SMILES string of the molecule is C.CC(=O)CCC(=O)O.Cc1ccc(O)cc1.Cc1ccc(OC(=O)CCC(=O)O)cc1.O=C1CCC(=O)O1. The molecule has 2 aromatic rings. The van der Waals surface area contributed by atoms with Crippen LogP contribution in [-0.4, -0.2) is 50.9 Å². The number of aryl methyl sites for hydroxylation is 2. The van der Waals surface area contributed by atoms with Gasteiger partial charge in [-0.3, -0.25) is 24.0 Å². The first kappa shape index (κ1) is 36.6. The lowest BCUT2D eigenvalue weighted by atomic mass is 10.2. The molecule has 1 aliphatic rings. The number of ketones is 1. The van der Waals surface area contributed by atoms with E-state index in [-0.39, 0.29) is 51.7 Å². The van der Waals surface area contributed by atoms with Crippen molar-refractivity contribution in [2.75, 3.05) is 0 Å². The lowest BCUT2D eigenvalue weighted by Crippen LogP contribution is -2.10. The number of carboxylic acids is 2. The van der Waals surface area contributed by atoms with Crippen LogP contribution in [0.5, 0.6) is 11.5 Å². The minimum atomic E-state index is -1.00. The highest BCUT2D eigenvalue weighted by Crippen LogP contribution is 2.12. The van der Waals surface area contributed by atoms with Gasteiger partial charge in [0, 0.05) is 6.42 Å². The van der Waals surface area contributed by atoms with Crippen LogP contribution in [0.4, 0.5) is 0 Å². The quantitative estimate of drug-likeness (QED) is 0.253. The number of Topliss-reactive ketones (excluding diaryl/α,β-unsaturated/α-hetero) is 1. The highest BCUT2D eigenvalue weighted by atomic mass is 16.6. The van der Waals surface area contributed by atoms with Gasteiger partial charge in [0.15, 0.2) is 0 Å². The molecule has 3 N–H and O–H groups in total. The molecule has 39 heavy (non-hydrogen) atoms. The maximum atomic E-state index is 11.1. The number of ether oxygens (including phenoxy) is 2. The molecular weight excluding hydrogens is 512 g/mol. The highest BCUT2D eigenvalue weighted by molar-refractivity contribution is 5.92. The molecule has 214 valence electrons. The van der Waals surface area contributed by atoms with Crippen molar-refractivity contribution in [3.05, 3.63) is 59.7 Å². The molecular formula is C28H36O11. The first-order valence-corrected chi connectivity index (χ1v) is 11.5. The molecule has 0 unspecified atom stereocenters. The Bertz CT molecular complexity index is 1020. The van der Waals surface area contributed by atoms with E-state index >= 15 is 0 Å². The van der Waals surface area contributed by atoms with Crippen molar-refractivity contribution in [2.45, 2.75) is 66.7 Å². The fourth-order valence-corrected chi connectivity index (χ4v) is 2.26. The smallest absolute Gasteiger partial charge is 0.314 e. The topological polar surface area (TPSA) is 182 Å². The molecule has 2 aromatic carbocycles. The second-order valence-corrected chi connectivity index (χ2v) is 7.96. The molecule has 1 aliphatic heterocycles. The molecule has 11 nitrogen and oxygen atoms in total. The lowest BCUT2D eigenvalue weighted by molar-refractivity contribution is -0.152. The van der Waals surface area contributed by atoms with E-state index in [9.17, 15) is 28.8 Å². The average molecular weight is 549 g/mol.